The number of aliphatic hydroxyl groups is 1. The third kappa shape index (κ3) is 4.49. The number of carbonyl (C=O) groups excluding carboxylic acids is 1. The van der Waals surface area contributed by atoms with Crippen molar-refractivity contribution in [3.8, 4) is 6.07 Å². The minimum atomic E-state index is -5.48. The Hall–Kier alpha value is -3.11. The van der Waals surface area contributed by atoms with E-state index in [-0.39, 0.29) is 23.5 Å². The number of amides is 1. The zero-order valence-electron chi connectivity index (χ0n) is 15.9. The standard InChI is InChI=1S/C18H18F3N5O4S/c19-18(20,21)31(29,30)13-4-1-11(2-5-13)24-17-14(16(23)28)9-26(25-17)15-6-3-12(27)7-10(15)8-22/h1-2,4-5,9-10,12,15,27H,3,6-7H2,(H2,23,28)(H,24,25)/t10-,12-,15-/m0/s1. The molecular formula is C18H18F3N5O4S. The first kappa shape index (κ1) is 22.6. The zero-order chi connectivity index (χ0) is 23.0. The van der Waals surface area contributed by atoms with Crippen molar-refractivity contribution >= 4 is 27.2 Å². The van der Waals surface area contributed by atoms with E-state index in [2.05, 4.69) is 16.5 Å². The number of nitrogens with one attached hydrogen (secondary N) is 1. The van der Waals surface area contributed by atoms with Crippen LogP contribution in [0.1, 0.15) is 35.7 Å². The highest BCUT2D eigenvalue weighted by Crippen LogP contribution is 2.35. The van der Waals surface area contributed by atoms with Gasteiger partial charge in [-0.15, -0.1) is 0 Å². The summed E-state index contributed by atoms with van der Waals surface area (Å²) in [6.45, 7) is 0. The third-order valence-electron chi connectivity index (χ3n) is 5.02. The summed E-state index contributed by atoms with van der Waals surface area (Å²) in [7, 11) is -5.48. The van der Waals surface area contributed by atoms with E-state index in [1.807, 2.05) is 0 Å². The van der Waals surface area contributed by atoms with E-state index in [4.69, 9.17) is 5.73 Å². The Kier molecular flexibility index (Phi) is 5.97. The van der Waals surface area contributed by atoms with Crippen molar-refractivity contribution in [2.45, 2.75) is 41.8 Å². The summed E-state index contributed by atoms with van der Waals surface area (Å²) >= 11 is 0. The lowest BCUT2D eigenvalue weighted by Crippen LogP contribution is -2.29. The molecule has 3 rings (SSSR count). The summed E-state index contributed by atoms with van der Waals surface area (Å²) in [6.07, 6.45) is 1.91. The van der Waals surface area contributed by atoms with E-state index in [0.717, 1.165) is 24.3 Å². The number of nitriles is 1. The molecule has 3 atom stereocenters. The maximum Gasteiger partial charge on any atom is 0.501 e. The van der Waals surface area contributed by atoms with E-state index >= 15 is 0 Å². The monoisotopic (exact) mass is 457 g/mol. The average Bonchev–Trinajstić information content (AvgIpc) is 3.11. The number of hydrogen-bond donors (Lipinski definition) is 3. The number of carbonyl (C=O) groups is 1. The minimum absolute atomic E-state index is 0.00161. The Labute approximate surface area is 175 Å². The number of hydrogen-bond acceptors (Lipinski definition) is 7. The van der Waals surface area contributed by atoms with Gasteiger partial charge < -0.3 is 16.2 Å². The van der Waals surface area contributed by atoms with Gasteiger partial charge >= 0.3 is 5.51 Å². The van der Waals surface area contributed by atoms with Crippen molar-refractivity contribution in [2.75, 3.05) is 5.32 Å². The third-order valence-corrected chi connectivity index (χ3v) is 6.52. The highest BCUT2D eigenvalue weighted by atomic mass is 32.2. The summed E-state index contributed by atoms with van der Waals surface area (Å²) < 4.78 is 62.3. The van der Waals surface area contributed by atoms with Crippen LogP contribution in [-0.2, 0) is 9.84 Å². The van der Waals surface area contributed by atoms with Gasteiger partial charge in [0.2, 0.25) is 0 Å². The van der Waals surface area contributed by atoms with E-state index in [1.165, 1.54) is 10.9 Å². The van der Waals surface area contributed by atoms with Crippen molar-refractivity contribution in [2.24, 2.45) is 11.7 Å². The smallest absolute Gasteiger partial charge is 0.393 e. The number of rotatable bonds is 5. The Morgan fingerprint density at radius 2 is 1.94 bits per heavy atom. The molecule has 0 spiro atoms. The average molecular weight is 457 g/mol. The van der Waals surface area contributed by atoms with E-state index in [9.17, 15) is 36.8 Å². The molecule has 0 unspecified atom stereocenters. The van der Waals surface area contributed by atoms with Gasteiger partial charge in [0, 0.05) is 11.9 Å². The van der Waals surface area contributed by atoms with Crippen LogP contribution in [0.2, 0.25) is 0 Å². The van der Waals surface area contributed by atoms with Gasteiger partial charge in [0.05, 0.1) is 29.0 Å². The molecule has 1 aliphatic carbocycles. The number of aromatic nitrogens is 2. The number of benzene rings is 1. The summed E-state index contributed by atoms with van der Waals surface area (Å²) in [6, 6.07) is 5.46. The quantitative estimate of drug-likeness (QED) is 0.623. The molecule has 2 aromatic rings. The highest BCUT2D eigenvalue weighted by Gasteiger charge is 2.46. The molecule has 166 valence electrons. The normalized spacial score (nSPS) is 22.0. The van der Waals surface area contributed by atoms with Crippen molar-refractivity contribution in [1.29, 1.82) is 5.26 Å². The van der Waals surface area contributed by atoms with Crippen molar-refractivity contribution in [3.63, 3.8) is 0 Å². The van der Waals surface area contributed by atoms with Gasteiger partial charge in [-0.2, -0.15) is 23.5 Å². The molecule has 1 heterocycles. The van der Waals surface area contributed by atoms with Crippen LogP contribution >= 0.6 is 0 Å². The number of primary amides is 1. The second kappa shape index (κ2) is 8.20. The molecule has 0 radical (unpaired) electrons. The van der Waals surface area contributed by atoms with Crippen LogP contribution in [0.3, 0.4) is 0 Å². The highest BCUT2D eigenvalue weighted by molar-refractivity contribution is 7.92. The lowest BCUT2D eigenvalue weighted by molar-refractivity contribution is -0.0436. The predicted octanol–water partition coefficient (Wildman–Crippen LogP) is 2.24. The van der Waals surface area contributed by atoms with Gasteiger partial charge in [0.15, 0.2) is 5.82 Å². The lowest BCUT2D eigenvalue weighted by Gasteiger charge is -2.30. The van der Waals surface area contributed by atoms with Gasteiger partial charge in [-0.3, -0.25) is 9.48 Å². The second-order valence-electron chi connectivity index (χ2n) is 7.10. The summed E-state index contributed by atoms with van der Waals surface area (Å²) in [4.78, 5) is 10.9. The summed E-state index contributed by atoms with van der Waals surface area (Å²) in [5.74, 6) is -1.36. The van der Waals surface area contributed by atoms with Crippen LogP contribution < -0.4 is 11.1 Å². The minimum Gasteiger partial charge on any atom is -0.393 e. The molecule has 1 amide bonds. The summed E-state index contributed by atoms with van der Waals surface area (Å²) in [5, 5.41) is 26.1. The fourth-order valence-electron chi connectivity index (χ4n) is 3.41. The number of nitrogens with two attached hydrogens (primary N) is 1. The number of aliphatic hydroxyl groups excluding tert-OH is 1. The maximum atomic E-state index is 12.7. The maximum absolute atomic E-state index is 12.7. The van der Waals surface area contributed by atoms with Crippen LogP contribution in [-0.4, -0.2) is 40.8 Å². The first-order valence-corrected chi connectivity index (χ1v) is 10.6. The molecule has 1 aromatic heterocycles. The lowest BCUT2D eigenvalue weighted by atomic mass is 9.84. The fraction of sp³-hybridized carbons (Fsp3) is 0.389. The molecular weight excluding hydrogens is 439 g/mol. The number of halogens is 3. The molecule has 1 saturated carbocycles. The van der Waals surface area contributed by atoms with Crippen molar-refractivity contribution < 1.29 is 31.5 Å². The van der Waals surface area contributed by atoms with Crippen LogP contribution in [0.25, 0.3) is 0 Å². The van der Waals surface area contributed by atoms with Gasteiger partial charge in [0.1, 0.15) is 5.56 Å². The first-order chi connectivity index (χ1) is 14.4. The zero-order valence-corrected chi connectivity index (χ0v) is 16.7. The first-order valence-electron chi connectivity index (χ1n) is 9.09. The van der Waals surface area contributed by atoms with Gasteiger partial charge in [-0.1, -0.05) is 0 Å². The molecule has 1 aromatic carbocycles. The van der Waals surface area contributed by atoms with E-state index < -0.39 is 44.2 Å². The molecule has 4 N–H and O–H groups in total. The molecule has 0 aliphatic heterocycles. The summed E-state index contributed by atoms with van der Waals surface area (Å²) in [5.41, 5.74) is 0.114. The van der Waals surface area contributed by atoms with E-state index in [0.29, 0.717) is 12.8 Å². The SMILES string of the molecule is N#C[C@@H]1C[C@@H](O)CC[C@@H]1n1cc(C(N)=O)c(Nc2ccc(S(=O)(=O)C(F)(F)F)cc2)n1. The Bertz CT molecular complexity index is 1120. The predicted molar refractivity (Wildman–Crippen MR) is 102 cm³/mol. The number of alkyl halides is 3. The van der Waals surface area contributed by atoms with Crippen molar-refractivity contribution in [1.82, 2.24) is 9.78 Å². The van der Waals surface area contributed by atoms with Crippen LogP contribution in [0.15, 0.2) is 35.4 Å². The molecule has 0 saturated heterocycles. The molecule has 31 heavy (non-hydrogen) atoms. The Balaban J connectivity index is 1.88. The second-order valence-corrected chi connectivity index (χ2v) is 9.05. The molecule has 9 nitrogen and oxygen atoms in total. The van der Waals surface area contributed by atoms with Crippen LogP contribution in [0.4, 0.5) is 24.7 Å². The van der Waals surface area contributed by atoms with Crippen LogP contribution in [0, 0.1) is 17.2 Å². The number of nitrogens with zero attached hydrogens (tertiary/aromatic N) is 3. The Morgan fingerprint density at radius 3 is 2.48 bits per heavy atom. The molecule has 0 bridgehead atoms. The van der Waals surface area contributed by atoms with Gasteiger partial charge in [0.25, 0.3) is 15.7 Å². The fourth-order valence-corrected chi connectivity index (χ4v) is 4.17. The number of anilines is 2. The van der Waals surface area contributed by atoms with Gasteiger partial charge in [-0.05, 0) is 43.5 Å². The topological polar surface area (TPSA) is 151 Å². The Morgan fingerprint density at radius 1 is 1.29 bits per heavy atom. The molecule has 13 heteroatoms. The van der Waals surface area contributed by atoms with Crippen molar-refractivity contribution in [3.05, 3.63) is 36.0 Å². The van der Waals surface area contributed by atoms with E-state index in [1.54, 1.807) is 0 Å². The van der Waals surface area contributed by atoms with Crippen LogP contribution in [0.5, 0.6) is 0 Å². The number of sulfone groups is 1. The molecule has 1 aliphatic rings. The molecule has 1 fully saturated rings. The largest absolute Gasteiger partial charge is 0.501 e. The van der Waals surface area contributed by atoms with Gasteiger partial charge in [-0.25, -0.2) is 8.42 Å².